The Hall–Kier alpha value is -1.51. The van der Waals surface area contributed by atoms with Crippen LogP contribution in [0.2, 0.25) is 0 Å². The van der Waals surface area contributed by atoms with Crippen LogP contribution in [-0.2, 0) is 4.79 Å². The molecule has 3 heteroatoms. The Morgan fingerprint density at radius 3 is 2.37 bits per heavy atom. The molecule has 2 rings (SSSR count). The van der Waals surface area contributed by atoms with Crippen LogP contribution in [0.15, 0.2) is 24.3 Å². The molecular weight excluding hydrogens is 238 g/mol. The van der Waals surface area contributed by atoms with E-state index in [-0.39, 0.29) is 12.5 Å². The van der Waals surface area contributed by atoms with Gasteiger partial charge in [0.25, 0.3) is 5.91 Å². The molecule has 1 aromatic carbocycles. The van der Waals surface area contributed by atoms with E-state index >= 15 is 0 Å². The van der Waals surface area contributed by atoms with Crippen molar-refractivity contribution in [1.82, 2.24) is 4.90 Å². The first-order valence-corrected chi connectivity index (χ1v) is 7.02. The largest absolute Gasteiger partial charge is 0.484 e. The zero-order chi connectivity index (χ0) is 13.8. The van der Waals surface area contributed by atoms with Gasteiger partial charge in [-0.15, -0.1) is 0 Å². The van der Waals surface area contributed by atoms with Crippen LogP contribution in [0.4, 0.5) is 0 Å². The van der Waals surface area contributed by atoms with Gasteiger partial charge in [-0.25, -0.2) is 0 Å². The number of carbonyl (C=O) groups excluding carboxylic acids is 1. The SMILES string of the molecule is Cc1ccc(OCC(=O)N2CC(C)CC(C)C2)cc1. The Bertz CT molecular complexity index is 417. The normalized spacial score (nSPS) is 23.2. The summed E-state index contributed by atoms with van der Waals surface area (Å²) >= 11 is 0. The Balaban J connectivity index is 1.85. The molecule has 0 bridgehead atoms. The summed E-state index contributed by atoms with van der Waals surface area (Å²) in [5.74, 6) is 2.04. The minimum atomic E-state index is 0.0963. The summed E-state index contributed by atoms with van der Waals surface area (Å²) in [6.45, 7) is 8.31. The van der Waals surface area contributed by atoms with Gasteiger partial charge in [-0.3, -0.25) is 4.79 Å². The fourth-order valence-electron chi connectivity index (χ4n) is 2.74. The van der Waals surface area contributed by atoms with E-state index in [1.807, 2.05) is 36.1 Å². The molecule has 104 valence electrons. The molecule has 0 radical (unpaired) electrons. The zero-order valence-corrected chi connectivity index (χ0v) is 12.1. The number of likely N-dealkylation sites (tertiary alicyclic amines) is 1. The van der Waals surface area contributed by atoms with Crippen molar-refractivity contribution in [3.63, 3.8) is 0 Å². The van der Waals surface area contributed by atoms with Crippen molar-refractivity contribution in [3.8, 4) is 5.75 Å². The van der Waals surface area contributed by atoms with Gasteiger partial charge in [0.15, 0.2) is 6.61 Å². The molecule has 3 nitrogen and oxygen atoms in total. The van der Waals surface area contributed by atoms with Gasteiger partial charge in [0.1, 0.15) is 5.75 Å². The van der Waals surface area contributed by atoms with Crippen molar-refractivity contribution in [2.24, 2.45) is 11.8 Å². The standard InChI is InChI=1S/C16H23NO2/c1-12-4-6-15(7-5-12)19-11-16(18)17-9-13(2)8-14(3)10-17/h4-7,13-14H,8-11H2,1-3H3. The molecule has 2 unspecified atom stereocenters. The topological polar surface area (TPSA) is 29.5 Å². The summed E-state index contributed by atoms with van der Waals surface area (Å²) in [5, 5.41) is 0. The van der Waals surface area contributed by atoms with Crippen molar-refractivity contribution in [2.45, 2.75) is 27.2 Å². The van der Waals surface area contributed by atoms with Crippen LogP contribution in [0.1, 0.15) is 25.8 Å². The average molecular weight is 261 g/mol. The van der Waals surface area contributed by atoms with Crippen LogP contribution in [0, 0.1) is 18.8 Å². The van der Waals surface area contributed by atoms with E-state index in [1.165, 1.54) is 12.0 Å². The minimum absolute atomic E-state index is 0.0963. The maximum Gasteiger partial charge on any atom is 0.260 e. The van der Waals surface area contributed by atoms with Crippen molar-refractivity contribution in [3.05, 3.63) is 29.8 Å². The van der Waals surface area contributed by atoms with Gasteiger partial charge in [0.2, 0.25) is 0 Å². The molecule has 1 saturated heterocycles. The van der Waals surface area contributed by atoms with Gasteiger partial charge < -0.3 is 9.64 Å². The van der Waals surface area contributed by atoms with Crippen molar-refractivity contribution >= 4 is 5.91 Å². The molecule has 0 saturated carbocycles. The van der Waals surface area contributed by atoms with Gasteiger partial charge in [0, 0.05) is 13.1 Å². The van der Waals surface area contributed by atoms with Crippen molar-refractivity contribution < 1.29 is 9.53 Å². The molecule has 1 aliphatic rings. The van der Waals surface area contributed by atoms with E-state index in [9.17, 15) is 4.79 Å². The van der Waals surface area contributed by atoms with Crippen LogP contribution in [0.3, 0.4) is 0 Å². The lowest BCUT2D eigenvalue weighted by molar-refractivity contribution is -0.136. The molecule has 0 spiro atoms. The first-order chi connectivity index (χ1) is 9.04. The van der Waals surface area contributed by atoms with Crippen LogP contribution < -0.4 is 4.74 Å². The molecule has 1 fully saturated rings. The van der Waals surface area contributed by atoms with Crippen molar-refractivity contribution in [2.75, 3.05) is 19.7 Å². The van der Waals surface area contributed by atoms with Gasteiger partial charge in [0.05, 0.1) is 0 Å². The summed E-state index contributed by atoms with van der Waals surface area (Å²) in [7, 11) is 0. The molecule has 1 heterocycles. The first kappa shape index (κ1) is 13.9. The van der Waals surface area contributed by atoms with E-state index < -0.39 is 0 Å². The van der Waals surface area contributed by atoms with E-state index in [4.69, 9.17) is 4.74 Å². The van der Waals surface area contributed by atoms with E-state index in [1.54, 1.807) is 0 Å². The molecule has 0 N–H and O–H groups in total. The number of ether oxygens (including phenoxy) is 1. The highest BCUT2D eigenvalue weighted by Crippen LogP contribution is 2.21. The third-order valence-electron chi connectivity index (χ3n) is 3.60. The molecule has 0 aromatic heterocycles. The second-order valence-electron chi connectivity index (χ2n) is 5.85. The number of hydrogen-bond donors (Lipinski definition) is 0. The first-order valence-electron chi connectivity index (χ1n) is 7.02. The number of amides is 1. The molecule has 1 amide bonds. The van der Waals surface area contributed by atoms with E-state index in [0.29, 0.717) is 11.8 Å². The van der Waals surface area contributed by atoms with E-state index in [2.05, 4.69) is 13.8 Å². The predicted molar refractivity (Wildman–Crippen MR) is 76.2 cm³/mol. The van der Waals surface area contributed by atoms with Crippen LogP contribution in [-0.4, -0.2) is 30.5 Å². The fourth-order valence-corrected chi connectivity index (χ4v) is 2.74. The number of nitrogens with zero attached hydrogens (tertiary/aromatic N) is 1. The highest BCUT2D eigenvalue weighted by molar-refractivity contribution is 5.77. The second-order valence-corrected chi connectivity index (χ2v) is 5.85. The number of benzene rings is 1. The van der Waals surface area contributed by atoms with Crippen LogP contribution in [0.5, 0.6) is 5.75 Å². The molecule has 1 aliphatic heterocycles. The highest BCUT2D eigenvalue weighted by atomic mass is 16.5. The number of carbonyl (C=O) groups is 1. The number of aryl methyl sites for hydroxylation is 1. The number of piperidine rings is 1. The summed E-state index contributed by atoms with van der Waals surface area (Å²) in [5.41, 5.74) is 1.19. The van der Waals surface area contributed by atoms with Gasteiger partial charge >= 0.3 is 0 Å². The van der Waals surface area contributed by atoms with Crippen LogP contribution in [0.25, 0.3) is 0 Å². The third kappa shape index (κ3) is 3.98. The molecule has 19 heavy (non-hydrogen) atoms. The molecular formula is C16H23NO2. The minimum Gasteiger partial charge on any atom is -0.484 e. The van der Waals surface area contributed by atoms with Crippen molar-refractivity contribution in [1.29, 1.82) is 0 Å². The zero-order valence-electron chi connectivity index (χ0n) is 12.1. The third-order valence-corrected chi connectivity index (χ3v) is 3.60. The Morgan fingerprint density at radius 2 is 1.79 bits per heavy atom. The predicted octanol–water partition coefficient (Wildman–Crippen LogP) is 2.88. The lowest BCUT2D eigenvalue weighted by Gasteiger charge is -2.34. The number of hydrogen-bond acceptors (Lipinski definition) is 2. The monoisotopic (exact) mass is 261 g/mol. The lowest BCUT2D eigenvalue weighted by Crippen LogP contribution is -2.44. The molecule has 1 aromatic rings. The van der Waals surface area contributed by atoms with Crippen LogP contribution >= 0.6 is 0 Å². The highest BCUT2D eigenvalue weighted by Gasteiger charge is 2.25. The molecule has 0 aliphatic carbocycles. The Morgan fingerprint density at radius 1 is 1.21 bits per heavy atom. The van der Waals surface area contributed by atoms with E-state index in [0.717, 1.165) is 18.8 Å². The molecule has 2 atom stereocenters. The quantitative estimate of drug-likeness (QED) is 0.837. The van der Waals surface area contributed by atoms with Gasteiger partial charge in [-0.05, 0) is 37.3 Å². The summed E-state index contributed by atoms with van der Waals surface area (Å²) in [6.07, 6.45) is 1.21. The summed E-state index contributed by atoms with van der Waals surface area (Å²) in [6, 6.07) is 7.80. The maximum atomic E-state index is 12.1. The fraction of sp³-hybridized carbons (Fsp3) is 0.562. The summed E-state index contributed by atoms with van der Waals surface area (Å²) < 4.78 is 5.56. The van der Waals surface area contributed by atoms with Gasteiger partial charge in [-0.2, -0.15) is 0 Å². The van der Waals surface area contributed by atoms with Gasteiger partial charge in [-0.1, -0.05) is 31.5 Å². The smallest absolute Gasteiger partial charge is 0.260 e. The summed E-state index contributed by atoms with van der Waals surface area (Å²) in [4.78, 5) is 14.1. The Labute approximate surface area is 115 Å². The Kier molecular flexibility index (Phi) is 4.46. The number of rotatable bonds is 3. The maximum absolute atomic E-state index is 12.1. The lowest BCUT2D eigenvalue weighted by atomic mass is 9.92. The average Bonchev–Trinajstić information content (AvgIpc) is 2.36. The second kappa shape index (κ2) is 6.09.